The maximum atomic E-state index is 12.3. The molecule has 0 aliphatic rings. The van der Waals surface area contributed by atoms with E-state index in [4.69, 9.17) is 5.11 Å². The Morgan fingerprint density at radius 2 is 2.00 bits per heavy atom. The second-order valence-electron chi connectivity index (χ2n) is 3.82. The third-order valence-electron chi connectivity index (χ3n) is 2.08. The summed E-state index contributed by atoms with van der Waals surface area (Å²) in [6.07, 6.45) is -4.47. The molecule has 0 aliphatic heterocycles. The molecule has 0 unspecified atom stereocenters. The van der Waals surface area contributed by atoms with Crippen molar-refractivity contribution in [3.05, 3.63) is 29.8 Å². The summed E-state index contributed by atoms with van der Waals surface area (Å²) in [7, 11) is 0. The highest BCUT2D eigenvalue weighted by Crippen LogP contribution is 2.19. The normalized spacial score (nSPS) is 11.8. The van der Waals surface area contributed by atoms with Crippen LogP contribution in [0.25, 0.3) is 0 Å². The number of aliphatic carboxylic acids is 1. The number of phenolic OH excluding ortho intramolecular Hbond substituents is 1. The van der Waals surface area contributed by atoms with E-state index in [1.54, 1.807) is 0 Å². The Labute approximate surface area is 101 Å². The van der Waals surface area contributed by atoms with E-state index < -0.39 is 25.2 Å². The van der Waals surface area contributed by atoms with Gasteiger partial charge in [0.2, 0.25) is 0 Å². The maximum absolute atomic E-state index is 12.3. The summed E-state index contributed by atoms with van der Waals surface area (Å²) in [4.78, 5) is 11.2. The molecule has 0 spiro atoms. The van der Waals surface area contributed by atoms with Crippen molar-refractivity contribution in [2.75, 3.05) is 13.1 Å². The number of phenols is 1. The van der Waals surface area contributed by atoms with Gasteiger partial charge in [0.05, 0.1) is 13.1 Å². The average Bonchev–Trinajstić information content (AvgIpc) is 2.12. The highest BCUT2D eigenvalue weighted by Gasteiger charge is 2.31. The summed E-state index contributed by atoms with van der Waals surface area (Å²) >= 11 is 0. The van der Waals surface area contributed by atoms with Crippen LogP contribution in [0.5, 0.6) is 5.75 Å². The number of halogens is 3. The number of carboxylic acid groups (broad SMARTS) is 1. The average molecular weight is 263 g/mol. The Morgan fingerprint density at radius 3 is 2.50 bits per heavy atom. The van der Waals surface area contributed by atoms with Gasteiger partial charge < -0.3 is 10.2 Å². The van der Waals surface area contributed by atoms with Crippen LogP contribution in [0.3, 0.4) is 0 Å². The second-order valence-corrected chi connectivity index (χ2v) is 3.82. The Kier molecular flexibility index (Phi) is 4.55. The minimum Gasteiger partial charge on any atom is -0.508 e. The molecule has 0 heterocycles. The van der Waals surface area contributed by atoms with Gasteiger partial charge in [-0.15, -0.1) is 0 Å². The molecule has 2 N–H and O–H groups in total. The van der Waals surface area contributed by atoms with Crippen LogP contribution in [0.1, 0.15) is 5.56 Å². The van der Waals surface area contributed by atoms with Gasteiger partial charge in [-0.2, -0.15) is 13.2 Å². The number of carboxylic acids is 1. The lowest BCUT2D eigenvalue weighted by molar-refractivity contribution is -0.154. The van der Waals surface area contributed by atoms with Gasteiger partial charge in [-0.05, 0) is 17.7 Å². The van der Waals surface area contributed by atoms with Crippen molar-refractivity contribution in [2.24, 2.45) is 0 Å². The van der Waals surface area contributed by atoms with Crippen LogP contribution in [0.2, 0.25) is 0 Å². The molecule has 1 aromatic rings. The fraction of sp³-hybridized carbons (Fsp3) is 0.364. The van der Waals surface area contributed by atoms with Gasteiger partial charge in [0.25, 0.3) is 0 Å². The standard InChI is InChI=1S/C11H12F3NO3/c12-11(13,14)7-15(6-10(17)18)5-8-2-1-3-9(16)4-8/h1-4,16H,5-7H2,(H,17,18). The Morgan fingerprint density at radius 1 is 1.33 bits per heavy atom. The minimum atomic E-state index is -4.47. The predicted molar refractivity (Wildman–Crippen MR) is 57.1 cm³/mol. The third-order valence-corrected chi connectivity index (χ3v) is 2.08. The van der Waals surface area contributed by atoms with Crippen LogP contribution in [-0.2, 0) is 11.3 Å². The molecule has 0 amide bonds. The van der Waals surface area contributed by atoms with Crippen LogP contribution < -0.4 is 0 Å². The van der Waals surface area contributed by atoms with Gasteiger partial charge in [0.15, 0.2) is 0 Å². The van der Waals surface area contributed by atoms with Crippen molar-refractivity contribution < 1.29 is 28.2 Å². The van der Waals surface area contributed by atoms with Crippen molar-refractivity contribution in [2.45, 2.75) is 12.7 Å². The lowest BCUT2D eigenvalue weighted by atomic mass is 10.2. The number of alkyl halides is 3. The number of hydrogen-bond acceptors (Lipinski definition) is 3. The first-order valence-electron chi connectivity index (χ1n) is 5.05. The van der Waals surface area contributed by atoms with E-state index in [-0.39, 0.29) is 12.3 Å². The van der Waals surface area contributed by atoms with Crippen LogP contribution in [0.4, 0.5) is 13.2 Å². The van der Waals surface area contributed by atoms with Crippen molar-refractivity contribution in [3.63, 3.8) is 0 Å². The van der Waals surface area contributed by atoms with E-state index >= 15 is 0 Å². The highest BCUT2D eigenvalue weighted by molar-refractivity contribution is 5.69. The highest BCUT2D eigenvalue weighted by atomic mass is 19.4. The number of aromatic hydroxyl groups is 1. The maximum Gasteiger partial charge on any atom is 0.401 e. The molecule has 0 atom stereocenters. The third kappa shape index (κ3) is 5.53. The summed E-state index contributed by atoms with van der Waals surface area (Å²) in [5.74, 6) is -1.41. The van der Waals surface area contributed by atoms with Gasteiger partial charge in [0.1, 0.15) is 5.75 Å². The Balaban J connectivity index is 2.74. The summed E-state index contributed by atoms with van der Waals surface area (Å²) in [5.41, 5.74) is 0.417. The smallest absolute Gasteiger partial charge is 0.401 e. The van der Waals surface area contributed by atoms with E-state index in [0.29, 0.717) is 5.56 Å². The molecule has 0 saturated carbocycles. The van der Waals surface area contributed by atoms with E-state index in [1.165, 1.54) is 24.3 Å². The quantitative estimate of drug-likeness (QED) is 0.851. The molecule has 100 valence electrons. The molecule has 0 radical (unpaired) electrons. The first kappa shape index (κ1) is 14.3. The summed E-state index contributed by atoms with van der Waals surface area (Å²) in [6.45, 7) is -2.22. The Bertz CT molecular complexity index is 420. The molecule has 0 aliphatic carbocycles. The molecule has 7 heteroatoms. The number of nitrogens with zero attached hydrogens (tertiary/aromatic N) is 1. The topological polar surface area (TPSA) is 60.8 Å². The zero-order valence-corrected chi connectivity index (χ0v) is 9.31. The Hall–Kier alpha value is -1.76. The van der Waals surface area contributed by atoms with E-state index in [9.17, 15) is 23.1 Å². The van der Waals surface area contributed by atoms with Gasteiger partial charge >= 0.3 is 12.1 Å². The molecule has 0 aromatic heterocycles. The summed E-state index contributed by atoms with van der Waals surface area (Å²) in [6, 6.07) is 5.68. The van der Waals surface area contributed by atoms with Crippen LogP contribution in [-0.4, -0.2) is 40.3 Å². The largest absolute Gasteiger partial charge is 0.508 e. The first-order valence-corrected chi connectivity index (χ1v) is 5.05. The van der Waals surface area contributed by atoms with Crippen LogP contribution >= 0.6 is 0 Å². The molecule has 0 bridgehead atoms. The van der Waals surface area contributed by atoms with Crippen molar-refractivity contribution in [1.29, 1.82) is 0 Å². The number of benzene rings is 1. The fourth-order valence-electron chi connectivity index (χ4n) is 1.53. The van der Waals surface area contributed by atoms with Gasteiger partial charge in [-0.25, -0.2) is 0 Å². The van der Waals surface area contributed by atoms with E-state index in [0.717, 1.165) is 4.90 Å². The molecular weight excluding hydrogens is 251 g/mol. The monoisotopic (exact) mass is 263 g/mol. The van der Waals surface area contributed by atoms with E-state index in [1.807, 2.05) is 0 Å². The SMILES string of the molecule is O=C(O)CN(Cc1cccc(O)c1)CC(F)(F)F. The molecule has 0 saturated heterocycles. The molecule has 4 nitrogen and oxygen atoms in total. The minimum absolute atomic E-state index is 0.0743. The number of carbonyl (C=O) groups is 1. The van der Waals surface area contributed by atoms with Crippen molar-refractivity contribution in [1.82, 2.24) is 4.90 Å². The van der Waals surface area contributed by atoms with Crippen LogP contribution in [0, 0.1) is 0 Å². The molecule has 1 rings (SSSR count). The number of hydrogen-bond donors (Lipinski definition) is 2. The van der Waals surface area contributed by atoms with Crippen molar-refractivity contribution in [3.8, 4) is 5.75 Å². The first-order chi connectivity index (χ1) is 8.26. The molecule has 1 aromatic carbocycles. The lowest BCUT2D eigenvalue weighted by Crippen LogP contribution is -2.37. The molecular formula is C11H12F3NO3. The van der Waals surface area contributed by atoms with Crippen LogP contribution in [0.15, 0.2) is 24.3 Å². The zero-order valence-electron chi connectivity index (χ0n) is 9.31. The lowest BCUT2D eigenvalue weighted by Gasteiger charge is -2.21. The van der Waals surface area contributed by atoms with Gasteiger partial charge in [-0.1, -0.05) is 12.1 Å². The zero-order chi connectivity index (χ0) is 13.8. The van der Waals surface area contributed by atoms with Crippen molar-refractivity contribution >= 4 is 5.97 Å². The number of rotatable bonds is 5. The second kappa shape index (κ2) is 5.72. The molecule has 0 fully saturated rings. The summed E-state index contributed by atoms with van der Waals surface area (Å²) < 4.78 is 36.8. The van der Waals surface area contributed by atoms with E-state index in [2.05, 4.69) is 0 Å². The fourth-order valence-corrected chi connectivity index (χ4v) is 1.53. The molecule has 18 heavy (non-hydrogen) atoms. The van der Waals surface area contributed by atoms with Gasteiger partial charge in [-0.3, -0.25) is 9.69 Å². The predicted octanol–water partition coefficient (Wildman–Crippen LogP) is 1.84. The summed E-state index contributed by atoms with van der Waals surface area (Å²) in [5, 5.41) is 17.7. The van der Waals surface area contributed by atoms with Gasteiger partial charge in [0, 0.05) is 6.54 Å².